The molecule has 1 aromatic carbocycles. The van der Waals surface area contributed by atoms with Crippen molar-refractivity contribution in [2.24, 2.45) is 5.92 Å². The number of benzene rings is 1. The van der Waals surface area contributed by atoms with Gasteiger partial charge in [0.2, 0.25) is 11.8 Å². The Kier molecular flexibility index (Phi) is 6.08. The molecule has 1 fully saturated rings. The topological polar surface area (TPSA) is 68.5 Å². The van der Waals surface area contributed by atoms with Crippen molar-refractivity contribution in [3.8, 4) is 17.2 Å². The molecule has 0 spiro atoms. The fourth-order valence-corrected chi connectivity index (χ4v) is 3.46. The number of aromatic nitrogens is 2. The highest BCUT2D eigenvalue weighted by molar-refractivity contribution is 7.99. The number of carbonyl (C=O) groups is 1. The molecular formula is C17H19F2N3O3S. The van der Waals surface area contributed by atoms with Crippen molar-refractivity contribution in [3.05, 3.63) is 24.3 Å². The normalized spacial score (nSPS) is 17.5. The number of carbonyl (C=O) groups excluding carboxylic acids is 1. The molecule has 1 atom stereocenters. The van der Waals surface area contributed by atoms with Gasteiger partial charge in [-0.2, -0.15) is 8.78 Å². The van der Waals surface area contributed by atoms with Gasteiger partial charge in [-0.3, -0.25) is 4.79 Å². The first-order valence-electron chi connectivity index (χ1n) is 8.30. The van der Waals surface area contributed by atoms with Crippen LogP contribution in [-0.4, -0.2) is 46.5 Å². The van der Waals surface area contributed by atoms with E-state index in [4.69, 9.17) is 4.42 Å². The third-order valence-corrected chi connectivity index (χ3v) is 4.86. The largest absolute Gasteiger partial charge is 0.435 e. The minimum atomic E-state index is -2.87. The molecule has 6 nitrogen and oxygen atoms in total. The summed E-state index contributed by atoms with van der Waals surface area (Å²) < 4.78 is 34.1. The minimum absolute atomic E-state index is 0.0548. The summed E-state index contributed by atoms with van der Waals surface area (Å²) in [4.78, 5) is 14.1. The van der Waals surface area contributed by atoms with Gasteiger partial charge in [-0.25, -0.2) is 0 Å². The molecule has 1 aromatic heterocycles. The molecule has 1 aliphatic rings. The van der Waals surface area contributed by atoms with Crippen LogP contribution in [0.15, 0.2) is 33.9 Å². The third-order valence-electron chi connectivity index (χ3n) is 4.06. The molecule has 1 aliphatic heterocycles. The molecule has 26 heavy (non-hydrogen) atoms. The van der Waals surface area contributed by atoms with E-state index in [-0.39, 0.29) is 23.3 Å². The average molecular weight is 383 g/mol. The summed E-state index contributed by atoms with van der Waals surface area (Å²) in [5, 5.41) is 8.15. The highest BCUT2D eigenvalue weighted by Crippen LogP contribution is 2.26. The summed E-state index contributed by atoms with van der Waals surface area (Å²) >= 11 is 1.20. The van der Waals surface area contributed by atoms with Gasteiger partial charge in [-0.15, -0.1) is 10.2 Å². The summed E-state index contributed by atoms with van der Waals surface area (Å²) in [6.45, 7) is 0.870. The van der Waals surface area contributed by atoms with Crippen LogP contribution in [0.4, 0.5) is 8.78 Å². The Morgan fingerprint density at radius 2 is 2.15 bits per heavy atom. The summed E-state index contributed by atoms with van der Waals surface area (Å²) in [6, 6.07) is 5.92. The Hall–Kier alpha value is -2.16. The van der Waals surface area contributed by atoms with E-state index in [1.54, 1.807) is 12.1 Å². The van der Waals surface area contributed by atoms with E-state index in [2.05, 4.69) is 21.9 Å². The molecule has 1 amide bonds. The van der Waals surface area contributed by atoms with Gasteiger partial charge in [0.1, 0.15) is 5.75 Å². The maximum Gasteiger partial charge on any atom is 0.387 e. The lowest BCUT2D eigenvalue weighted by molar-refractivity contribution is -0.130. The number of hydrogen-bond donors (Lipinski definition) is 0. The van der Waals surface area contributed by atoms with Crippen LogP contribution in [0.2, 0.25) is 0 Å². The molecule has 1 saturated heterocycles. The van der Waals surface area contributed by atoms with Crippen LogP contribution >= 0.6 is 11.8 Å². The number of rotatable bonds is 6. The molecule has 140 valence electrons. The van der Waals surface area contributed by atoms with Gasteiger partial charge in [-0.1, -0.05) is 18.7 Å². The van der Waals surface area contributed by atoms with Crippen molar-refractivity contribution in [2.45, 2.75) is 31.6 Å². The maximum absolute atomic E-state index is 12.3. The van der Waals surface area contributed by atoms with Gasteiger partial charge < -0.3 is 14.1 Å². The Balaban J connectivity index is 1.55. The Morgan fingerprint density at radius 1 is 1.38 bits per heavy atom. The molecule has 9 heteroatoms. The lowest BCUT2D eigenvalue weighted by Crippen LogP contribution is -2.40. The molecule has 0 saturated carbocycles. The fraction of sp³-hybridized carbons (Fsp3) is 0.471. The number of nitrogens with zero attached hydrogens (tertiary/aromatic N) is 3. The zero-order chi connectivity index (χ0) is 18.5. The number of piperidine rings is 1. The zero-order valence-electron chi connectivity index (χ0n) is 14.2. The molecular weight excluding hydrogens is 364 g/mol. The molecule has 1 unspecified atom stereocenters. The van der Waals surface area contributed by atoms with E-state index in [9.17, 15) is 13.6 Å². The maximum atomic E-state index is 12.3. The van der Waals surface area contributed by atoms with Crippen molar-refractivity contribution in [3.63, 3.8) is 0 Å². The highest BCUT2D eigenvalue weighted by atomic mass is 32.2. The van der Waals surface area contributed by atoms with Gasteiger partial charge in [0.05, 0.1) is 5.75 Å². The third kappa shape index (κ3) is 4.94. The number of thioether (sulfide) groups is 1. The SMILES string of the molecule is CC1CCCN(C(=O)CSc2nnc(-c3ccc(OC(F)F)cc3)o2)C1. The molecule has 0 radical (unpaired) electrons. The Labute approximate surface area is 153 Å². The quantitative estimate of drug-likeness (QED) is 0.709. The average Bonchev–Trinajstić information content (AvgIpc) is 3.09. The lowest BCUT2D eigenvalue weighted by Gasteiger charge is -2.30. The summed E-state index contributed by atoms with van der Waals surface area (Å²) in [5.74, 6) is 1.16. The first kappa shape index (κ1) is 18.6. The molecule has 0 bridgehead atoms. The van der Waals surface area contributed by atoms with Crippen LogP contribution < -0.4 is 4.74 Å². The van der Waals surface area contributed by atoms with E-state index in [0.29, 0.717) is 16.7 Å². The zero-order valence-corrected chi connectivity index (χ0v) is 15.0. The minimum Gasteiger partial charge on any atom is -0.435 e. The van der Waals surface area contributed by atoms with Crippen molar-refractivity contribution in [1.82, 2.24) is 15.1 Å². The van der Waals surface area contributed by atoms with Crippen LogP contribution in [0.25, 0.3) is 11.5 Å². The first-order valence-corrected chi connectivity index (χ1v) is 9.29. The van der Waals surface area contributed by atoms with E-state index >= 15 is 0 Å². The number of alkyl halides is 2. The summed E-state index contributed by atoms with van der Waals surface area (Å²) in [7, 11) is 0. The molecule has 0 aliphatic carbocycles. The van der Waals surface area contributed by atoms with E-state index in [1.165, 1.54) is 23.9 Å². The molecule has 0 N–H and O–H groups in total. The second kappa shape index (κ2) is 8.48. The fourth-order valence-electron chi connectivity index (χ4n) is 2.79. The first-order chi connectivity index (χ1) is 12.5. The van der Waals surface area contributed by atoms with E-state index < -0.39 is 6.61 Å². The predicted molar refractivity (Wildman–Crippen MR) is 92.1 cm³/mol. The lowest BCUT2D eigenvalue weighted by atomic mass is 10.0. The number of ether oxygens (including phenoxy) is 1. The van der Waals surface area contributed by atoms with Crippen molar-refractivity contribution < 1.29 is 22.7 Å². The molecule has 3 rings (SSSR count). The summed E-state index contributed by atoms with van der Waals surface area (Å²) in [6.07, 6.45) is 2.19. The van der Waals surface area contributed by atoms with Gasteiger partial charge in [0, 0.05) is 18.7 Å². The van der Waals surface area contributed by atoms with Gasteiger partial charge in [-0.05, 0) is 43.0 Å². The van der Waals surface area contributed by atoms with Crippen molar-refractivity contribution in [1.29, 1.82) is 0 Å². The second-order valence-corrected chi connectivity index (χ2v) is 7.08. The van der Waals surface area contributed by atoms with Crippen molar-refractivity contribution >= 4 is 17.7 Å². The second-order valence-electron chi connectivity index (χ2n) is 6.15. The van der Waals surface area contributed by atoms with Crippen LogP contribution in [0.5, 0.6) is 5.75 Å². The van der Waals surface area contributed by atoms with Crippen LogP contribution in [0.3, 0.4) is 0 Å². The number of amides is 1. The van der Waals surface area contributed by atoms with Crippen molar-refractivity contribution in [2.75, 3.05) is 18.8 Å². The Bertz CT molecular complexity index is 739. The number of halogens is 2. The highest BCUT2D eigenvalue weighted by Gasteiger charge is 2.21. The van der Waals surface area contributed by atoms with Gasteiger partial charge in [0.15, 0.2) is 0 Å². The van der Waals surface area contributed by atoms with Gasteiger partial charge in [0.25, 0.3) is 5.22 Å². The molecule has 2 aromatic rings. The number of hydrogen-bond acceptors (Lipinski definition) is 6. The monoisotopic (exact) mass is 383 g/mol. The van der Waals surface area contributed by atoms with Crippen LogP contribution in [0, 0.1) is 5.92 Å². The molecule has 2 heterocycles. The summed E-state index contributed by atoms with van der Waals surface area (Å²) in [5.41, 5.74) is 0.585. The smallest absolute Gasteiger partial charge is 0.387 e. The van der Waals surface area contributed by atoms with E-state index in [0.717, 1.165) is 25.9 Å². The van der Waals surface area contributed by atoms with Gasteiger partial charge >= 0.3 is 6.61 Å². The van der Waals surface area contributed by atoms with E-state index in [1.807, 2.05) is 4.90 Å². The van der Waals surface area contributed by atoms with Crippen LogP contribution in [0.1, 0.15) is 19.8 Å². The number of likely N-dealkylation sites (tertiary alicyclic amines) is 1. The standard InChI is InChI=1S/C17H19F2N3O3S/c1-11-3-2-8-22(9-11)14(23)10-26-17-21-20-15(25-17)12-4-6-13(7-5-12)24-16(18)19/h4-7,11,16H,2-3,8-10H2,1H3. The van der Waals surface area contributed by atoms with Crippen LogP contribution in [-0.2, 0) is 4.79 Å². The Morgan fingerprint density at radius 3 is 2.85 bits per heavy atom. The predicted octanol–water partition coefficient (Wildman–Crippen LogP) is 3.69.